The van der Waals surface area contributed by atoms with Gasteiger partial charge in [0.1, 0.15) is 12.2 Å². The van der Waals surface area contributed by atoms with Crippen molar-refractivity contribution >= 4 is 35.3 Å². The van der Waals surface area contributed by atoms with Gasteiger partial charge in [-0.2, -0.15) is 0 Å². The van der Waals surface area contributed by atoms with E-state index in [0.717, 1.165) is 5.56 Å². The first-order valence-corrected chi connectivity index (χ1v) is 16.0. The number of alkyl carbamates (subject to hydrolysis) is 1. The van der Waals surface area contributed by atoms with Gasteiger partial charge in [-0.3, -0.25) is 24.0 Å². The van der Waals surface area contributed by atoms with Crippen LogP contribution < -0.4 is 5.32 Å². The van der Waals surface area contributed by atoms with Crippen LogP contribution >= 0.6 is 0 Å². The molecule has 1 saturated carbocycles. The number of hydrogen-bond acceptors (Lipinski definition) is 7. The highest BCUT2D eigenvalue weighted by Crippen LogP contribution is 2.45. The number of ether oxygens (including phenoxy) is 1. The van der Waals surface area contributed by atoms with Crippen LogP contribution in [0.2, 0.25) is 0 Å². The molecule has 10 nitrogen and oxygen atoms in total. The average molecular weight is 631 g/mol. The van der Waals surface area contributed by atoms with E-state index in [-0.39, 0.29) is 38.1 Å². The Balaban J connectivity index is 1.80. The lowest BCUT2D eigenvalue weighted by molar-refractivity contribution is -0.146. The third-order valence-electron chi connectivity index (χ3n) is 8.94. The number of hydrogen-bond donors (Lipinski definition) is 2. The smallest absolute Gasteiger partial charge is 0.408 e. The number of nitrogens with one attached hydrogen (secondary N) is 1. The zero-order valence-electron chi connectivity index (χ0n) is 26.9. The summed E-state index contributed by atoms with van der Waals surface area (Å²) in [5.41, 5.74) is 0.723. The van der Waals surface area contributed by atoms with Gasteiger partial charge in [0.15, 0.2) is 11.6 Å². The Morgan fingerprint density at radius 1 is 0.978 bits per heavy atom. The van der Waals surface area contributed by atoms with Crippen LogP contribution in [0.5, 0.6) is 0 Å². The van der Waals surface area contributed by atoms with E-state index >= 15 is 0 Å². The number of carboxylic acids is 1. The minimum atomic E-state index is -1.19. The van der Waals surface area contributed by atoms with Crippen LogP contribution in [0.25, 0.3) is 0 Å². The van der Waals surface area contributed by atoms with Crippen molar-refractivity contribution in [1.29, 1.82) is 0 Å². The monoisotopic (exact) mass is 630 g/mol. The van der Waals surface area contributed by atoms with E-state index in [1.807, 2.05) is 6.92 Å². The van der Waals surface area contributed by atoms with Gasteiger partial charge in [0.05, 0.1) is 18.1 Å². The number of benzene rings is 1. The number of carbonyl (C=O) groups excluding carboxylic acids is 5. The van der Waals surface area contributed by atoms with Gasteiger partial charge in [-0.15, -0.1) is 0 Å². The highest BCUT2D eigenvalue weighted by Gasteiger charge is 2.54. The fourth-order valence-electron chi connectivity index (χ4n) is 6.70. The molecule has 0 radical (unpaired) electrons. The molecule has 0 bridgehead atoms. The standard InChI is InChI=1S/C34H47FN2O8/c1-6-10-22(31(40)28(39)17-23(33(42)43)15-21-11-8-7-9-12-21)16-27(38)30-24-13-14-26(35)25(24)18-37(30)32(41)29(19(2)3)36-34(44)45-20(4)5/h7-9,11-12,19-20,22-26,29-30H,6,10,13-18H2,1-5H3,(H,36,44)(H,42,43)/t22?,23-,24+,25+,26+,29+,30+/m1/s1. The number of halogens is 1. The molecule has 1 aliphatic heterocycles. The molecular weight excluding hydrogens is 583 g/mol. The first kappa shape index (κ1) is 35.8. The summed E-state index contributed by atoms with van der Waals surface area (Å²) < 4.78 is 20.1. The molecule has 0 aromatic heterocycles. The molecule has 7 atom stereocenters. The molecule has 1 unspecified atom stereocenters. The van der Waals surface area contributed by atoms with Crippen LogP contribution in [-0.4, -0.2) is 76.2 Å². The number of alkyl halides is 1. The maximum absolute atomic E-state index is 14.9. The third kappa shape index (κ3) is 9.20. The molecular formula is C34H47FN2O8. The van der Waals surface area contributed by atoms with Gasteiger partial charge >= 0.3 is 12.1 Å². The van der Waals surface area contributed by atoms with Crippen LogP contribution in [0.15, 0.2) is 30.3 Å². The fourth-order valence-corrected chi connectivity index (χ4v) is 6.70. The van der Waals surface area contributed by atoms with Crippen LogP contribution in [0, 0.1) is 29.6 Å². The lowest BCUT2D eigenvalue weighted by atomic mass is 9.83. The van der Waals surface area contributed by atoms with Gasteiger partial charge in [0, 0.05) is 31.2 Å². The second-order valence-corrected chi connectivity index (χ2v) is 13.0. The normalized spacial score (nSPS) is 22.9. The van der Waals surface area contributed by atoms with Gasteiger partial charge in [0.2, 0.25) is 11.7 Å². The number of nitrogens with zero attached hydrogens (tertiary/aromatic N) is 1. The SMILES string of the molecule is CCCC(CC(=O)[C@@H]1[C@H]2CC[C@H](F)[C@H]2CN1C(=O)[C@@H](NC(=O)OC(C)C)C(C)C)C(=O)C(=O)C[C@@H](Cc1ccccc1)C(=O)O. The van der Waals surface area contributed by atoms with Gasteiger partial charge < -0.3 is 20.1 Å². The molecule has 1 saturated heterocycles. The Labute approximate surface area is 264 Å². The molecule has 45 heavy (non-hydrogen) atoms. The number of aliphatic carboxylic acids is 1. The lowest BCUT2D eigenvalue weighted by Crippen LogP contribution is -2.55. The Morgan fingerprint density at radius 3 is 2.22 bits per heavy atom. The fraction of sp³-hybridized carbons (Fsp3) is 0.647. The van der Waals surface area contributed by atoms with Gasteiger partial charge in [-0.1, -0.05) is 57.5 Å². The average Bonchev–Trinajstić information content (AvgIpc) is 3.53. The van der Waals surface area contributed by atoms with E-state index in [1.54, 1.807) is 58.0 Å². The Morgan fingerprint density at radius 2 is 1.64 bits per heavy atom. The van der Waals surface area contributed by atoms with Crippen molar-refractivity contribution in [2.24, 2.45) is 29.6 Å². The Hall–Kier alpha value is -3.63. The van der Waals surface area contributed by atoms with Gasteiger partial charge in [-0.05, 0) is 56.9 Å². The van der Waals surface area contributed by atoms with E-state index < -0.39 is 89.8 Å². The minimum Gasteiger partial charge on any atom is -0.481 e. The Bertz CT molecular complexity index is 1240. The second kappa shape index (κ2) is 16.1. The molecule has 11 heteroatoms. The number of carboxylic acid groups (broad SMARTS) is 1. The quantitative estimate of drug-likeness (QED) is 0.253. The van der Waals surface area contributed by atoms with Crippen LogP contribution in [0.1, 0.15) is 78.7 Å². The molecule has 1 aromatic carbocycles. The van der Waals surface area contributed by atoms with Crippen molar-refractivity contribution in [2.45, 2.75) is 104 Å². The zero-order chi connectivity index (χ0) is 33.4. The maximum atomic E-state index is 14.9. The summed E-state index contributed by atoms with van der Waals surface area (Å²) in [6.45, 7) is 8.66. The lowest BCUT2D eigenvalue weighted by Gasteiger charge is -2.32. The highest BCUT2D eigenvalue weighted by atomic mass is 19.1. The minimum absolute atomic E-state index is 0.0102. The number of likely N-dealkylation sites (tertiary alicyclic amines) is 1. The molecule has 1 aromatic rings. The van der Waals surface area contributed by atoms with Crippen molar-refractivity contribution in [1.82, 2.24) is 10.2 Å². The van der Waals surface area contributed by atoms with Crippen molar-refractivity contribution in [2.75, 3.05) is 6.54 Å². The maximum Gasteiger partial charge on any atom is 0.408 e. The number of fused-ring (bicyclic) bond motifs is 1. The second-order valence-electron chi connectivity index (χ2n) is 13.0. The highest BCUT2D eigenvalue weighted by molar-refractivity contribution is 6.38. The predicted molar refractivity (Wildman–Crippen MR) is 164 cm³/mol. The summed E-state index contributed by atoms with van der Waals surface area (Å²) in [4.78, 5) is 80.0. The number of ketones is 3. The molecule has 2 amide bonds. The van der Waals surface area contributed by atoms with E-state index in [9.17, 15) is 38.3 Å². The first-order valence-electron chi connectivity index (χ1n) is 16.0. The molecule has 2 fully saturated rings. The van der Waals surface area contributed by atoms with E-state index in [2.05, 4.69) is 5.32 Å². The van der Waals surface area contributed by atoms with Crippen LogP contribution in [0.4, 0.5) is 9.18 Å². The molecule has 0 spiro atoms. The van der Waals surface area contributed by atoms with Crippen molar-refractivity contribution < 1.29 is 43.0 Å². The van der Waals surface area contributed by atoms with E-state index in [0.29, 0.717) is 12.8 Å². The summed E-state index contributed by atoms with van der Waals surface area (Å²) in [7, 11) is 0. The summed E-state index contributed by atoms with van der Waals surface area (Å²) in [6, 6.07) is 6.80. The van der Waals surface area contributed by atoms with Crippen LogP contribution in [0.3, 0.4) is 0 Å². The number of amides is 2. The number of carbonyl (C=O) groups is 6. The van der Waals surface area contributed by atoms with Crippen molar-refractivity contribution in [3.8, 4) is 0 Å². The van der Waals surface area contributed by atoms with Crippen molar-refractivity contribution in [3.05, 3.63) is 35.9 Å². The molecule has 2 N–H and O–H groups in total. The summed E-state index contributed by atoms with van der Waals surface area (Å²) >= 11 is 0. The molecule has 1 heterocycles. The van der Waals surface area contributed by atoms with E-state index in [1.165, 1.54) is 4.90 Å². The zero-order valence-corrected chi connectivity index (χ0v) is 26.9. The predicted octanol–water partition coefficient (Wildman–Crippen LogP) is 4.57. The first-order chi connectivity index (χ1) is 21.2. The van der Waals surface area contributed by atoms with Gasteiger partial charge in [0.25, 0.3) is 0 Å². The van der Waals surface area contributed by atoms with Gasteiger partial charge in [-0.25, -0.2) is 9.18 Å². The molecule has 1 aliphatic carbocycles. The molecule has 248 valence electrons. The molecule has 3 rings (SSSR count). The number of Topliss-reactive ketones (excluding diaryl/α,β-unsaturated/α-hetero) is 3. The largest absolute Gasteiger partial charge is 0.481 e. The summed E-state index contributed by atoms with van der Waals surface area (Å²) in [5.74, 6) is -7.24. The molecule has 2 aliphatic rings. The van der Waals surface area contributed by atoms with E-state index in [4.69, 9.17) is 4.74 Å². The topological polar surface area (TPSA) is 147 Å². The summed E-state index contributed by atoms with van der Waals surface area (Å²) in [6.07, 6.45) is -1.74. The third-order valence-corrected chi connectivity index (χ3v) is 8.94. The van der Waals surface area contributed by atoms with Crippen LogP contribution in [-0.2, 0) is 35.1 Å². The Kier molecular flexibility index (Phi) is 12.8. The number of rotatable bonds is 16. The van der Waals surface area contributed by atoms with Crippen molar-refractivity contribution in [3.63, 3.8) is 0 Å². The summed E-state index contributed by atoms with van der Waals surface area (Å²) in [5, 5.41) is 12.3.